The van der Waals surface area contributed by atoms with Crippen molar-refractivity contribution in [3.05, 3.63) is 0 Å². The van der Waals surface area contributed by atoms with E-state index in [9.17, 15) is 14.4 Å². The average Bonchev–Trinajstić information content (AvgIpc) is 3.17. The summed E-state index contributed by atoms with van der Waals surface area (Å²) in [5.41, 5.74) is 0. The Labute approximate surface area is 331 Å². The second-order valence-corrected chi connectivity index (χ2v) is 14.8. The fraction of sp³-hybridized carbons (Fsp3) is 0.932. The van der Waals surface area contributed by atoms with Crippen LogP contribution < -0.4 is 0 Å². The minimum atomic E-state index is -0.778. The summed E-state index contributed by atoms with van der Waals surface area (Å²) in [7, 11) is 0. The molecule has 0 aliphatic heterocycles. The molecule has 10 nitrogen and oxygen atoms in total. The molecule has 10 heteroatoms. The molecule has 0 saturated heterocycles. The van der Waals surface area contributed by atoms with Gasteiger partial charge < -0.3 is 33.3 Å². The molecule has 1 atom stereocenters. The van der Waals surface area contributed by atoms with E-state index in [-0.39, 0.29) is 38.8 Å². The zero-order valence-corrected chi connectivity index (χ0v) is 35.8. The van der Waals surface area contributed by atoms with Gasteiger partial charge in [-0.1, -0.05) is 150 Å². The van der Waals surface area contributed by atoms with Crippen molar-refractivity contribution in [3.63, 3.8) is 0 Å². The zero-order chi connectivity index (χ0) is 39.7. The first-order chi connectivity index (χ1) is 26.4. The highest BCUT2D eigenvalue weighted by molar-refractivity contribution is 5.69. The van der Waals surface area contributed by atoms with E-state index in [1.807, 2.05) is 0 Å². The van der Waals surface area contributed by atoms with Gasteiger partial charge >= 0.3 is 18.1 Å². The lowest BCUT2D eigenvalue weighted by Crippen LogP contribution is -2.28. The Bertz CT molecular complexity index is 821. The Morgan fingerprint density at radius 1 is 0.444 bits per heavy atom. The van der Waals surface area contributed by atoms with E-state index in [0.29, 0.717) is 32.5 Å². The van der Waals surface area contributed by atoms with Crippen LogP contribution in [0.4, 0.5) is 4.79 Å². The maximum absolute atomic E-state index is 12.9. The van der Waals surface area contributed by atoms with E-state index >= 15 is 0 Å². The van der Waals surface area contributed by atoms with E-state index in [1.54, 1.807) is 0 Å². The molecule has 0 aliphatic rings. The van der Waals surface area contributed by atoms with E-state index in [0.717, 1.165) is 64.6 Å². The van der Waals surface area contributed by atoms with Gasteiger partial charge in [-0.05, 0) is 38.8 Å². The normalized spacial score (nSPS) is 12.0. The molecule has 0 aromatic carbocycles. The number of hydrogen-bond acceptors (Lipinski definition) is 10. The SMILES string of the molecule is CCCCCCCCCCCC(=O)OCC(COC(=O)CCC(OCCCCCCCC)OCCCCCCCC)COC(=O)OCCCN(CC)CC. The number of nitrogens with zero attached hydrogens (tertiary/aromatic N) is 1. The summed E-state index contributed by atoms with van der Waals surface area (Å²) in [6, 6.07) is 0. The van der Waals surface area contributed by atoms with Gasteiger partial charge in [0.1, 0.15) is 19.8 Å². The third-order valence-corrected chi connectivity index (χ3v) is 9.80. The summed E-state index contributed by atoms with van der Waals surface area (Å²) in [6.07, 6.45) is 25.0. The third kappa shape index (κ3) is 35.8. The molecule has 1 unspecified atom stereocenters. The Morgan fingerprint density at radius 3 is 1.35 bits per heavy atom. The molecule has 0 saturated carbocycles. The van der Waals surface area contributed by atoms with Gasteiger partial charge in [0, 0.05) is 32.6 Å². The number of unbranched alkanes of at least 4 members (excludes halogenated alkanes) is 18. The molecule has 0 N–H and O–H groups in total. The van der Waals surface area contributed by atoms with Gasteiger partial charge in [-0.15, -0.1) is 0 Å². The van der Waals surface area contributed by atoms with Crippen LogP contribution in [0, 0.1) is 5.92 Å². The van der Waals surface area contributed by atoms with Crippen molar-refractivity contribution in [2.24, 2.45) is 5.92 Å². The van der Waals surface area contributed by atoms with Crippen molar-refractivity contribution in [2.75, 3.05) is 59.3 Å². The summed E-state index contributed by atoms with van der Waals surface area (Å²) in [5, 5.41) is 0. The van der Waals surface area contributed by atoms with Gasteiger partial charge in [0.05, 0.1) is 18.9 Å². The second-order valence-electron chi connectivity index (χ2n) is 14.8. The molecule has 0 aromatic rings. The average molecular weight is 772 g/mol. The predicted octanol–water partition coefficient (Wildman–Crippen LogP) is 11.4. The number of hydrogen-bond donors (Lipinski definition) is 0. The van der Waals surface area contributed by atoms with Crippen molar-refractivity contribution < 1.29 is 42.8 Å². The summed E-state index contributed by atoms with van der Waals surface area (Å²) < 4.78 is 33.9. The van der Waals surface area contributed by atoms with Crippen LogP contribution in [-0.2, 0) is 38.0 Å². The van der Waals surface area contributed by atoms with Crippen molar-refractivity contribution >= 4 is 18.1 Å². The highest BCUT2D eigenvalue weighted by atomic mass is 16.7. The minimum absolute atomic E-state index is 0.00978. The molecular formula is C44H85NO9. The Balaban J connectivity index is 4.89. The second kappa shape index (κ2) is 40.7. The summed E-state index contributed by atoms with van der Waals surface area (Å²) in [6.45, 7) is 14.9. The van der Waals surface area contributed by atoms with Crippen LogP contribution in [0.25, 0.3) is 0 Å². The monoisotopic (exact) mass is 772 g/mol. The molecule has 0 rings (SSSR count). The van der Waals surface area contributed by atoms with Crippen LogP contribution in [0.5, 0.6) is 0 Å². The lowest BCUT2D eigenvalue weighted by Gasteiger charge is -2.20. The Hall–Kier alpha value is -1.91. The lowest BCUT2D eigenvalue weighted by molar-refractivity contribution is -0.161. The fourth-order valence-corrected chi connectivity index (χ4v) is 6.15. The first-order valence-electron chi connectivity index (χ1n) is 22.5. The van der Waals surface area contributed by atoms with E-state index in [4.69, 9.17) is 28.4 Å². The van der Waals surface area contributed by atoms with Crippen molar-refractivity contribution in [3.8, 4) is 0 Å². The number of rotatable bonds is 41. The van der Waals surface area contributed by atoms with Crippen LogP contribution in [0.3, 0.4) is 0 Å². The Kier molecular flexibility index (Phi) is 39.3. The lowest BCUT2D eigenvalue weighted by atomic mass is 10.1. The fourth-order valence-electron chi connectivity index (χ4n) is 6.15. The third-order valence-electron chi connectivity index (χ3n) is 9.80. The molecule has 54 heavy (non-hydrogen) atoms. The highest BCUT2D eigenvalue weighted by Gasteiger charge is 2.20. The van der Waals surface area contributed by atoms with Gasteiger partial charge in [-0.25, -0.2) is 4.79 Å². The molecule has 0 spiro atoms. The molecule has 0 bridgehead atoms. The van der Waals surface area contributed by atoms with Crippen LogP contribution in [0.1, 0.15) is 195 Å². The molecule has 0 heterocycles. The first-order valence-corrected chi connectivity index (χ1v) is 22.5. The largest absolute Gasteiger partial charge is 0.508 e. The first kappa shape index (κ1) is 52.1. The van der Waals surface area contributed by atoms with Crippen molar-refractivity contribution in [2.45, 2.75) is 201 Å². The molecule has 320 valence electrons. The Morgan fingerprint density at radius 2 is 0.870 bits per heavy atom. The summed E-state index contributed by atoms with van der Waals surface area (Å²) in [4.78, 5) is 40.0. The van der Waals surface area contributed by atoms with Gasteiger partial charge in [0.25, 0.3) is 0 Å². The van der Waals surface area contributed by atoms with E-state index < -0.39 is 24.3 Å². The highest BCUT2D eigenvalue weighted by Crippen LogP contribution is 2.14. The van der Waals surface area contributed by atoms with Crippen molar-refractivity contribution in [1.29, 1.82) is 0 Å². The number of carbonyl (C=O) groups is 3. The van der Waals surface area contributed by atoms with E-state index in [2.05, 4.69) is 39.5 Å². The zero-order valence-electron chi connectivity index (χ0n) is 35.8. The maximum Gasteiger partial charge on any atom is 0.508 e. The smallest absolute Gasteiger partial charge is 0.465 e. The van der Waals surface area contributed by atoms with Gasteiger partial charge in [-0.3, -0.25) is 9.59 Å². The number of ether oxygens (including phenoxy) is 6. The topological polar surface area (TPSA) is 110 Å². The maximum atomic E-state index is 12.9. The quantitative estimate of drug-likeness (QED) is 0.0258. The van der Waals surface area contributed by atoms with Gasteiger partial charge in [0.15, 0.2) is 6.29 Å². The van der Waals surface area contributed by atoms with Crippen molar-refractivity contribution in [1.82, 2.24) is 4.90 Å². The molecule has 0 radical (unpaired) electrons. The summed E-state index contributed by atoms with van der Waals surface area (Å²) >= 11 is 0. The molecule has 0 aromatic heterocycles. The van der Waals surface area contributed by atoms with Crippen LogP contribution in [0.2, 0.25) is 0 Å². The number of esters is 2. The predicted molar refractivity (Wildman–Crippen MR) is 219 cm³/mol. The van der Waals surface area contributed by atoms with Crippen LogP contribution in [0.15, 0.2) is 0 Å². The molecule has 0 aliphatic carbocycles. The minimum Gasteiger partial charge on any atom is -0.465 e. The van der Waals surface area contributed by atoms with Gasteiger partial charge in [0.2, 0.25) is 0 Å². The van der Waals surface area contributed by atoms with Crippen LogP contribution >= 0.6 is 0 Å². The summed E-state index contributed by atoms with van der Waals surface area (Å²) in [5.74, 6) is -1.19. The van der Waals surface area contributed by atoms with E-state index in [1.165, 1.54) is 89.9 Å². The van der Waals surface area contributed by atoms with Gasteiger partial charge in [-0.2, -0.15) is 0 Å². The molecule has 0 fully saturated rings. The number of carbonyl (C=O) groups excluding carboxylic acids is 3. The van der Waals surface area contributed by atoms with Crippen LogP contribution in [-0.4, -0.2) is 88.6 Å². The molecule has 0 amide bonds. The molecular weight excluding hydrogens is 686 g/mol. The standard InChI is InChI=1S/C44H85NO9/c1-6-11-14-17-20-21-22-23-26-30-41(46)52-37-40(39-54-44(48)51-36-29-33-45(9-4)10-5)38-53-42(47)31-32-43(49-34-27-24-18-15-12-7-2)50-35-28-25-19-16-13-8-3/h40,43H,6-39H2,1-5H3.